The number of hydrogen-bond acceptors (Lipinski definition) is 8. The Bertz CT molecular complexity index is 1200. The van der Waals surface area contributed by atoms with Gasteiger partial charge in [-0.1, -0.05) is 11.6 Å². The number of ether oxygens (including phenoxy) is 3. The Morgan fingerprint density at radius 3 is 2.55 bits per heavy atom. The lowest BCUT2D eigenvalue weighted by Crippen LogP contribution is -2.32. The highest BCUT2D eigenvalue weighted by atomic mass is 35.5. The number of anilines is 1. The van der Waals surface area contributed by atoms with Gasteiger partial charge in [-0.2, -0.15) is 0 Å². The molecule has 3 rings (SSSR count). The highest BCUT2D eigenvalue weighted by Gasteiger charge is 2.22. The average Bonchev–Trinajstić information content (AvgIpc) is 3.25. The van der Waals surface area contributed by atoms with Crippen LogP contribution in [0, 0.1) is 0 Å². The molecule has 2 N–H and O–H groups in total. The molecule has 0 radical (unpaired) electrons. The molecule has 0 fully saturated rings. The van der Waals surface area contributed by atoms with Crippen molar-refractivity contribution in [3.8, 4) is 11.5 Å². The van der Waals surface area contributed by atoms with E-state index >= 15 is 0 Å². The van der Waals surface area contributed by atoms with Crippen LogP contribution >= 0.6 is 11.6 Å². The van der Waals surface area contributed by atoms with E-state index in [4.69, 9.17) is 25.8 Å². The summed E-state index contributed by atoms with van der Waals surface area (Å²) < 4.78 is 40.8. The van der Waals surface area contributed by atoms with Crippen molar-refractivity contribution in [2.45, 2.75) is 4.90 Å². The molecule has 0 spiro atoms. The molecule has 0 unspecified atom stereocenters. The van der Waals surface area contributed by atoms with Crippen LogP contribution in [0.2, 0.25) is 5.02 Å². The van der Waals surface area contributed by atoms with Crippen LogP contribution in [0.15, 0.2) is 41.3 Å². The number of benzene rings is 2. The molecular formula is C20H20ClN3O8S. The van der Waals surface area contributed by atoms with E-state index in [0.29, 0.717) is 11.5 Å². The van der Waals surface area contributed by atoms with Gasteiger partial charge in [0, 0.05) is 25.3 Å². The number of halogens is 1. The Balaban J connectivity index is 1.49. The van der Waals surface area contributed by atoms with Gasteiger partial charge in [0.1, 0.15) is 11.4 Å². The summed E-state index contributed by atoms with van der Waals surface area (Å²) >= 11 is 5.96. The van der Waals surface area contributed by atoms with Crippen LogP contribution in [-0.4, -0.2) is 64.5 Å². The van der Waals surface area contributed by atoms with Crippen molar-refractivity contribution >= 4 is 45.1 Å². The summed E-state index contributed by atoms with van der Waals surface area (Å²) in [7, 11) is -1.13. The lowest BCUT2D eigenvalue weighted by Gasteiger charge is -2.14. The summed E-state index contributed by atoms with van der Waals surface area (Å²) in [5.74, 6) is -1.15. The largest absolute Gasteiger partial charge is 0.454 e. The fourth-order valence-corrected chi connectivity index (χ4v) is 4.06. The number of amides is 2. The number of hydrogen-bond donors (Lipinski definition) is 2. The van der Waals surface area contributed by atoms with E-state index in [9.17, 15) is 22.8 Å². The number of carbonyl (C=O) groups is 3. The molecule has 176 valence electrons. The molecule has 2 amide bonds. The van der Waals surface area contributed by atoms with Crippen LogP contribution < -0.4 is 20.1 Å². The van der Waals surface area contributed by atoms with Gasteiger partial charge in [0.2, 0.25) is 16.8 Å². The van der Waals surface area contributed by atoms with Crippen LogP contribution in [0.5, 0.6) is 11.5 Å². The maximum atomic E-state index is 12.3. The van der Waals surface area contributed by atoms with Crippen LogP contribution in [0.3, 0.4) is 0 Å². The molecule has 0 atom stereocenters. The molecule has 1 aliphatic heterocycles. The van der Waals surface area contributed by atoms with Crippen molar-refractivity contribution < 1.29 is 37.0 Å². The van der Waals surface area contributed by atoms with Crippen molar-refractivity contribution in [1.29, 1.82) is 0 Å². The maximum absolute atomic E-state index is 12.3. The van der Waals surface area contributed by atoms with E-state index in [1.54, 1.807) is 6.07 Å². The summed E-state index contributed by atoms with van der Waals surface area (Å²) in [4.78, 5) is 35.9. The SMILES string of the molecule is CN(C)S(=O)(=O)c1cc(NC(=O)COC(=O)CNC(=O)c2ccc3c(c2)OCO3)ccc1Cl. The zero-order chi connectivity index (χ0) is 24.2. The number of esters is 1. The minimum Gasteiger partial charge on any atom is -0.454 e. The van der Waals surface area contributed by atoms with Crippen LogP contribution in [-0.2, 0) is 24.3 Å². The molecule has 0 saturated carbocycles. The van der Waals surface area contributed by atoms with Crippen molar-refractivity contribution in [2.75, 3.05) is 39.4 Å². The molecule has 0 bridgehead atoms. The predicted octanol–water partition coefficient (Wildman–Crippen LogP) is 1.23. The van der Waals surface area contributed by atoms with Gasteiger partial charge in [0.15, 0.2) is 18.1 Å². The first kappa shape index (κ1) is 24.3. The fourth-order valence-electron chi connectivity index (χ4n) is 2.66. The minimum absolute atomic E-state index is 0.00803. The molecule has 13 heteroatoms. The first-order valence-corrected chi connectivity index (χ1v) is 11.2. The third-order valence-electron chi connectivity index (χ3n) is 4.37. The number of fused-ring (bicyclic) bond motifs is 1. The zero-order valence-corrected chi connectivity index (χ0v) is 19.2. The number of nitrogens with one attached hydrogen (secondary N) is 2. The Labute approximate surface area is 194 Å². The molecular weight excluding hydrogens is 478 g/mol. The lowest BCUT2D eigenvalue weighted by molar-refractivity contribution is -0.146. The van der Waals surface area contributed by atoms with E-state index in [1.807, 2.05) is 0 Å². The number of carbonyl (C=O) groups excluding carboxylic acids is 3. The minimum atomic E-state index is -3.82. The Hall–Kier alpha value is -3.35. The molecule has 1 aliphatic rings. The van der Waals surface area contributed by atoms with Crippen molar-refractivity contribution in [2.24, 2.45) is 0 Å². The summed E-state index contributed by atoms with van der Waals surface area (Å²) in [6, 6.07) is 8.49. The number of rotatable bonds is 8. The quantitative estimate of drug-likeness (QED) is 0.519. The van der Waals surface area contributed by atoms with E-state index in [1.165, 1.54) is 44.4 Å². The standard InChI is InChI=1S/C20H20ClN3O8S/c1-24(2)33(28,29)17-8-13(4-5-14(17)21)23-18(25)10-30-19(26)9-22-20(27)12-3-6-15-16(7-12)32-11-31-15/h3-8H,9-11H2,1-2H3,(H,22,27)(H,23,25). The zero-order valence-electron chi connectivity index (χ0n) is 17.6. The van der Waals surface area contributed by atoms with Gasteiger partial charge >= 0.3 is 5.97 Å². The topological polar surface area (TPSA) is 140 Å². The highest BCUT2D eigenvalue weighted by Crippen LogP contribution is 2.32. The summed E-state index contributed by atoms with van der Waals surface area (Å²) in [5.41, 5.74) is 0.410. The second-order valence-electron chi connectivity index (χ2n) is 6.89. The molecule has 2 aromatic carbocycles. The third-order valence-corrected chi connectivity index (χ3v) is 6.66. The van der Waals surface area contributed by atoms with Gasteiger partial charge in [-0.05, 0) is 36.4 Å². The lowest BCUT2D eigenvalue weighted by atomic mass is 10.2. The second kappa shape index (κ2) is 10.1. The van der Waals surface area contributed by atoms with Gasteiger partial charge in [0.25, 0.3) is 11.8 Å². The predicted molar refractivity (Wildman–Crippen MR) is 117 cm³/mol. The van der Waals surface area contributed by atoms with E-state index in [0.717, 1.165) is 4.31 Å². The first-order valence-electron chi connectivity index (χ1n) is 9.43. The smallest absolute Gasteiger partial charge is 0.325 e. The van der Waals surface area contributed by atoms with E-state index in [-0.39, 0.29) is 28.0 Å². The molecule has 2 aromatic rings. The molecule has 0 aliphatic carbocycles. The summed E-state index contributed by atoms with van der Waals surface area (Å²) in [5, 5.41) is 4.79. The summed E-state index contributed by atoms with van der Waals surface area (Å²) in [6.07, 6.45) is 0. The maximum Gasteiger partial charge on any atom is 0.325 e. The van der Waals surface area contributed by atoms with E-state index in [2.05, 4.69) is 10.6 Å². The van der Waals surface area contributed by atoms with Gasteiger partial charge in [-0.25, -0.2) is 12.7 Å². The normalized spacial score (nSPS) is 12.4. The molecule has 33 heavy (non-hydrogen) atoms. The van der Waals surface area contributed by atoms with Crippen LogP contribution in [0.25, 0.3) is 0 Å². The number of nitrogens with zero attached hydrogens (tertiary/aromatic N) is 1. The monoisotopic (exact) mass is 497 g/mol. The van der Waals surface area contributed by atoms with Gasteiger partial charge in [0.05, 0.1) is 5.02 Å². The Morgan fingerprint density at radius 2 is 1.82 bits per heavy atom. The van der Waals surface area contributed by atoms with Gasteiger partial charge < -0.3 is 24.8 Å². The first-order chi connectivity index (χ1) is 15.6. The number of sulfonamides is 1. The Morgan fingerprint density at radius 1 is 1.09 bits per heavy atom. The third kappa shape index (κ3) is 5.92. The van der Waals surface area contributed by atoms with Crippen molar-refractivity contribution in [3.63, 3.8) is 0 Å². The molecule has 0 aromatic heterocycles. The Kier molecular flexibility index (Phi) is 7.41. The van der Waals surface area contributed by atoms with Crippen LogP contribution in [0.4, 0.5) is 5.69 Å². The molecule has 0 saturated heterocycles. The van der Waals surface area contributed by atoms with Crippen molar-refractivity contribution in [1.82, 2.24) is 9.62 Å². The molecule has 1 heterocycles. The van der Waals surface area contributed by atoms with Crippen molar-refractivity contribution in [3.05, 3.63) is 47.0 Å². The summed E-state index contributed by atoms with van der Waals surface area (Å²) in [6.45, 7) is -1.04. The average molecular weight is 498 g/mol. The second-order valence-corrected chi connectivity index (χ2v) is 9.42. The van der Waals surface area contributed by atoms with E-state index < -0.39 is 41.0 Å². The van der Waals surface area contributed by atoms with Crippen LogP contribution in [0.1, 0.15) is 10.4 Å². The van der Waals surface area contributed by atoms with Gasteiger partial charge in [-0.3, -0.25) is 14.4 Å². The van der Waals surface area contributed by atoms with Gasteiger partial charge in [-0.15, -0.1) is 0 Å². The molecule has 11 nitrogen and oxygen atoms in total. The highest BCUT2D eigenvalue weighted by molar-refractivity contribution is 7.89. The fraction of sp³-hybridized carbons (Fsp3) is 0.250.